The number of aromatic nitrogens is 2. The van der Waals surface area contributed by atoms with E-state index in [9.17, 15) is 23.2 Å². The Labute approximate surface area is 169 Å². The van der Waals surface area contributed by atoms with E-state index >= 15 is 0 Å². The summed E-state index contributed by atoms with van der Waals surface area (Å²) >= 11 is 0. The van der Waals surface area contributed by atoms with E-state index in [1.165, 1.54) is 44.6 Å². The minimum absolute atomic E-state index is 0.000501. The van der Waals surface area contributed by atoms with Gasteiger partial charge in [-0.2, -0.15) is 0 Å². The molecular weight excluding hydrogens is 396 g/mol. The molecule has 0 aliphatic heterocycles. The molecule has 1 heterocycles. The van der Waals surface area contributed by atoms with Gasteiger partial charge in [-0.25, -0.2) is 13.8 Å². The second kappa shape index (κ2) is 8.52. The van der Waals surface area contributed by atoms with E-state index in [0.29, 0.717) is 16.9 Å². The Morgan fingerprint density at radius 3 is 2.07 bits per heavy atom. The van der Waals surface area contributed by atoms with E-state index in [1.54, 1.807) is 0 Å². The van der Waals surface area contributed by atoms with E-state index in [4.69, 9.17) is 0 Å². The minimum atomic E-state index is -1.11. The number of rotatable bonds is 5. The molecule has 0 atom stereocenters. The quantitative estimate of drug-likeness (QED) is 0.515. The van der Waals surface area contributed by atoms with E-state index in [0.717, 1.165) is 12.1 Å². The number of hydrogen-bond donors (Lipinski definition) is 4. The predicted octanol–water partition coefficient (Wildman–Crippen LogP) is 2.86. The molecule has 3 rings (SSSR count). The SMILES string of the molecule is CNC(=O)c1nc[nH]c1C(=O)Nc1ccc(NC(=O)c2cc(F)c(F)cc2C)cc1. The minimum Gasteiger partial charge on any atom is -0.354 e. The third-order valence-corrected chi connectivity index (χ3v) is 4.22. The molecule has 0 saturated heterocycles. The number of benzene rings is 2. The first-order valence-corrected chi connectivity index (χ1v) is 8.74. The van der Waals surface area contributed by atoms with Gasteiger partial charge in [0, 0.05) is 24.0 Å². The van der Waals surface area contributed by atoms with Crippen molar-refractivity contribution in [2.24, 2.45) is 0 Å². The average molecular weight is 413 g/mol. The number of nitrogens with zero attached hydrogens (tertiary/aromatic N) is 1. The maximum absolute atomic E-state index is 13.4. The molecule has 8 nitrogen and oxygen atoms in total. The molecular formula is C20H17F2N5O3. The lowest BCUT2D eigenvalue weighted by Crippen LogP contribution is -2.23. The third kappa shape index (κ3) is 4.32. The fourth-order valence-electron chi connectivity index (χ4n) is 2.68. The first kappa shape index (κ1) is 20.6. The highest BCUT2D eigenvalue weighted by Gasteiger charge is 2.19. The van der Waals surface area contributed by atoms with Gasteiger partial charge in [0.15, 0.2) is 17.3 Å². The lowest BCUT2D eigenvalue weighted by Gasteiger charge is -2.10. The lowest BCUT2D eigenvalue weighted by molar-refractivity contribution is 0.0943. The van der Waals surface area contributed by atoms with E-state index in [1.807, 2.05) is 0 Å². The Bertz CT molecular complexity index is 1130. The molecule has 0 saturated carbocycles. The molecule has 3 amide bonds. The summed E-state index contributed by atoms with van der Waals surface area (Å²) < 4.78 is 26.6. The molecule has 30 heavy (non-hydrogen) atoms. The number of carbonyl (C=O) groups excluding carboxylic acids is 3. The molecule has 1 aromatic heterocycles. The zero-order valence-corrected chi connectivity index (χ0v) is 16.0. The first-order valence-electron chi connectivity index (χ1n) is 8.74. The number of nitrogens with one attached hydrogen (secondary N) is 4. The van der Waals surface area contributed by atoms with Gasteiger partial charge in [-0.1, -0.05) is 0 Å². The Morgan fingerprint density at radius 2 is 1.47 bits per heavy atom. The second-order valence-electron chi connectivity index (χ2n) is 6.27. The van der Waals surface area contributed by atoms with Crippen LogP contribution in [0.3, 0.4) is 0 Å². The molecule has 0 bridgehead atoms. The summed E-state index contributed by atoms with van der Waals surface area (Å²) in [5, 5.41) is 7.57. The Kier molecular flexibility index (Phi) is 5.86. The number of carbonyl (C=O) groups is 3. The van der Waals surface area contributed by atoms with Crippen molar-refractivity contribution in [3.8, 4) is 0 Å². The number of aromatic amines is 1. The number of H-pyrrole nitrogens is 1. The van der Waals surface area contributed by atoms with Crippen molar-refractivity contribution in [2.75, 3.05) is 17.7 Å². The van der Waals surface area contributed by atoms with Crippen LogP contribution in [0.5, 0.6) is 0 Å². The van der Waals surface area contributed by atoms with E-state index < -0.39 is 29.4 Å². The highest BCUT2D eigenvalue weighted by Crippen LogP contribution is 2.19. The third-order valence-electron chi connectivity index (χ3n) is 4.22. The van der Waals surface area contributed by atoms with Crippen LogP contribution in [0, 0.1) is 18.6 Å². The number of imidazole rings is 1. The Balaban J connectivity index is 1.69. The summed E-state index contributed by atoms with van der Waals surface area (Å²) in [6, 6.07) is 7.89. The second-order valence-corrected chi connectivity index (χ2v) is 6.27. The van der Waals surface area contributed by atoms with Gasteiger partial charge < -0.3 is 20.9 Å². The summed E-state index contributed by atoms with van der Waals surface area (Å²) in [7, 11) is 1.42. The molecule has 10 heteroatoms. The normalized spacial score (nSPS) is 10.4. The van der Waals surface area contributed by atoms with Crippen LogP contribution in [0.15, 0.2) is 42.7 Å². The summed E-state index contributed by atoms with van der Waals surface area (Å²) in [5.41, 5.74) is 1.05. The fraction of sp³-hybridized carbons (Fsp3) is 0.100. The molecule has 0 unspecified atom stereocenters. The zero-order chi connectivity index (χ0) is 21.8. The smallest absolute Gasteiger partial charge is 0.274 e. The molecule has 3 aromatic rings. The van der Waals surface area contributed by atoms with Crippen molar-refractivity contribution in [2.45, 2.75) is 6.92 Å². The molecule has 0 fully saturated rings. The standard InChI is InChI=1S/C20H17F2N5O3/c1-10-7-14(21)15(22)8-13(10)18(28)26-11-3-5-12(6-4-11)27-20(30)17-16(19(29)23-2)24-9-25-17/h3-9H,1-2H3,(H,23,29)(H,24,25)(H,26,28)(H,27,30). The van der Waals surface area contributed by atoms with Gasteiger partial charge >= 0.3 is 0 Å². The maximum atomic E-state index is 13.4. The van der Waals surface area contributed by atoms with Crippen LogP contribution in [-0.4, -0.2) is 34.7 Å². The van der Waals surface area contributed by atoms with Gasteiger partial charge in [-0.3, -0.25) is 14.4 Å². The van der Waals surface area contributed by atoms with Crippen LogP contribution in [0.4, 0.5) is 20.2 Å². The zero-order valence-electron chi connectivity index (χ0n) is 16.0. The van der Waals surface area contributed by atoms with Gasteiger partial charge in [-0.05, 0) is 48.9 Å². The summed E-state index contributed by atoms with van der Waals surface area (Å²) in [6.45, 7) is 1.50. The summed E-state index contributed by atoms with van der Waals surface area (Å²) in [4.78, 5) is 42.8. The first-order chi connectivity index (χ1) is 14.3. The molecule has 2 aromatic carbocycles. The van der Waals surface area contributed by atoms with Crippen LogP contribution in [0.25, 0.3) is 0 Å². The topological polar surface area (TPSA) is 116 Å². The Morgan fingerprint density at radius 1 is 0.900 bits per heavy atom. The highest BCUT2D eigenvalue weighted by atomic mass is 19.2. The van der Waals surface area contributed by atoms with Crippen LogP contribution < -0.4 is 16.0 Å². The molecule has 0 aliphatic rings. The molecule has 0 spiro atoms. The summed E-state index contributed by atoms with van der Waals surface area (Å²) in [5.74, 6) is -3.82. The molecule has 0 radical (unpaired) electrons. The van der Waals surface area contributed by atoms with Gasteiger partial charge in [0.2, 0.25) is 0 Å². The van der Waals surface area contributed by atoms with Crippen molar-refractivity contribution >= 4 is 29.1 Å². The van der Waals surface area contributed by atoms with Crippen molar-refractivity contribution in [3.63, 3.8) is 0 Å². The van der Waals surface area contributed by atoms with Crippen LogP contribution in [-0.2, 0) is 0 Å². The number of aryl methyl sites for hydroxylation is 1. The van der Waals surface area contributed by atoms with Gasteiger partial charge in [0.05, 0.1) is 6.33 Å². The largest absolute Gasteiger partial charge is 0.354 e. The highest BCUT2D eigenvalue weighted by molar-refractivity contribution is 6.10. The number of amides is 3. The van der Waals surface area contributed by atoms with Gasteiger partial charge in [0.25, 0.3) is 17.7 Å². The maximum Gasteiger partial charge on any atom is 0.274 e. The van der Waals surface area contributed by atoms with Crippen molar-refractivity contribution in [3.05, 3.63) is 76.9 Å². The molecule has 4 N–H and O–H groups in total. The summed E-state index contributed by atoms with van der Waals surface area (Å²) in [6.07, 6.45) is 1.23. The fourth-order valence-corrected chi connectivity index (χ4v) is 2.68. The van der Waals surface area contributed by atoms with Crippen molar-refractivity contribution in [1.29, 1.82) is 0 Å². The van der Waals surface area contributed by atoms with Crippen LogP contribution in [0.1, 0.15) is 36.9 Å². The van der Waals surface area contributed by atoms with Crippen molar-refractivity contribution < 1.29 is 23.2 Å². The van der Waals surface area contributed by atoms with Gasteiger partial charge in [-0.15, -0.1) is 0 Å². The van der Waals surface area contributed by atoms with Crippen molar-refractivity contribution in [1.82, 2.24) is 15.3 Å². The Hall–Kier alpha value is -4.08. The monoisotopic (exact) mass is 413 g/mol. The number of anilines is 2. The van der Waals surface area contributed by atoms with E-state index in [-0.39, 0.29) is 17.0 Å². The number of halogens is 2. The molecule has 0 aliphatic carbocycles. The number of hydrogen-bond acceptors (Lipinski definition) is 4. The van der Waals surface area contributed by atoms with Gasteiger partial charge in [0.1, 0.15) is 5.69 Å². The lowest BCUT2D eigenvalue weighted by atomic mass is 10.1. The average Bonchev–Trinajstić information content (AvgIpc) is 3.21. The van der Waals surface area contributed by atoms with Crippen LogP contribution in [0.2, 0.25) is 0 Å². The van der Waals surface area contributed by atoms with E-state index in [2.05, 4.69) is 25.9 Å². The van der Waals surface area contributed by atoms with Crippen LogP contribution >= 0.6 is 0 Å². The molecule has 154 valence electrons. The predicted molar refractivity (Wildman–Crippen MR) is 105 cm³/mol.